The molecule has 1 atom stereocenters. The van der Waals surface area contributed by atoms with E-state index >= 15 is 0 Å². The molecular weight excluding hydrogens is 421 g/mol. The summed E-state index contributed by atoms with van der Waals surface area (Å²) < 4.78 is 50.2. The Hall–Kier alpha value is -3.68. The maximum absolute atomic E-state index is 13.2. The van der Waals surface area contributed by atoms with Gasteiger partial charge in [-0.25, -0.2) is 0 Å². The average molecular weight is 444 g/mol. The highest BCUT2D eigenvalue weighted by molar-refractivity contribution is 5.97. The van der Waals surface area contributed by atoms with E-state index in [0.29, 0.717) is 17.2 Å². The predicted octanol–water partition coefficient (Wildman–Crippen LogP) is 5.83. The summed E-state index contributed by atoms with van der Waals surface area (Å²) in [5.74, 6) is 0.756. The Balaban J connectivity index is 1.79. The van der Waals surface area contributed by atoms with Crippen molar-refractivity contribution in [1.29, 1.82) is 0 Å². The van der Waals surface area contributed by atoms with E-state index in [1.54, 1.807) is 33.3 Å². The summed E-state index contributed by atoms with van der Waals surface area (Å²) in [5.41, 5.74) is 1.10. The molecule has 8 heteroatoms. The monoisotopic (exact) mass is 444 g/mol. The van der Waals surface area contributed by atoms with Gasteiger partial charge < -0.3 is 20.1 Å². The smallest absolute Gasteiger partial charge is 0.418 e. The summed E-state index contributed by atoms with van der Waals surface area (Å²) in [6.45, 7) is 1.57. The molecule has 0 aliphatic heterocycles. The van der Waals surface area contributed by atoms with Crippen LogP contribution in [0.5, 0.6) is 11.5 Å². The van der Waals surface area contributed by atoms with E-state index in [1.165, 1.54) is 18.2 Å². The van der Waals surface area contributed by atoms with Crippen LogP contribution < -0.4 is 20.1 Å². The molecule has 3 rings (SSSR count). The van der Waals surface area contributed by atoms with Crippen molar-refractivity contribution in [2.75, 3.05) is 24.9 Å². The van der Waals surface area contributed by atoms with Crippen molar-refractivity contribution >= 4 is 17.3 Å². The number of carbonyl (C=O) groups excluding carboxylic acids is 1. The van der Waals surface area contributed by atoms with Crippen LogP contribution in [0.15, 0.2) is 66.7 Å². The van der Waals surface area contributed by atoms with Crippen LogP contribution in [0.3, 0.4) is 0 Å². The highest BCUT2D eigenvalue weighted by atomic mass is 19.4. The summed E-state index contributed by atoms with van der Waals surface area (Å²) >= 11 is 0. The van der Waals surface area contributed by atoms with Crippen LogP contribution in [-0.4, -0.2) is 26.2 Å². The lowest BCUT2D eigenvalue weighted by atomic mass is 10.0. The van der Waals surface area contributed by atoms with Gasteiger partial charge in [-0.2, -0.15) is 13.2 Å². The summed E-state index contributed by atoms with van der Waals surface area (Å²) in [5, 5.41) is 5.39. The maximum Gasteiger partial charge on any atom is 0.418 e. The molecule has 0 heterocycles. The zero-order chi connectivity index (χ0) is 23.3. The number of halogens is 3. The summed E-state index contributed by atoms with van der Waals surface area (Å²) in [6.07, 6.45) is -4.57. The normalized spacial score (nSPS) is 12.1. The fraction of sp³-hybridized carbons (Fsp3) is 0.208. The van der Waals surface area contributed by atoms with E-state index in [0.717, 1.165) is 17.2 Å². The fourth-order valence-electron chi connectivity index (χ4n) is 3.19. The van der Waals surface area contributed by atoms with E-state index in [-0.39, 0.29) is 5.69 Å². The van der Waals surface area contributed by atoms with Gasteiger partial charge in [0.15, 0.2) is 0 Å². The molecule has 0 aliphatic carbocycles. The number of nitrogens with one attached hydrogen (secondary N) is 2. The van der Waals surface area contributed by atoms with Crippen LogP contribution in [0, 0.1) is 0 Å². The first-order valence-corrected chi connectivity index (χ1v) is 9.79. The van der Waals surface area contributed by atoms with Crippen molar-refractivity contribution in [1.82, 2.24) is 0 Å². The van der Waals surface area contributed by atoms with Gasteiger partial charge in [0.2, 0.25) is 5.91 Å². The van der Waals surface area contributed by atoms with E-state index in [1.807, 2.05) is 30.3 Å². The maximum atomic E-state index is 13.2. The lowest BCUT2D eigenvalue weighted by Crippen LogP contribution is -2.32. The van der Waals surface area contributed by atoms with Gasteiger partial charge in [-0.3, -0.25) is 4.79 Å². The number of alkyl halides is 3. The third kappa shape index (κ3) is 5.32. The minimum absolute atomic E-state index is 0.285. The zero-order valence-corrected chi connectivity index (χ0v) is 17.8. The quantitative estimate of drug-likeness (QED) is 0.482. The predicted molar refractivity (Wildman–Crippen MR) is 118 cm³/mol. The van der Waals surface area contributed by atoms with Crippen LogP contribution in [-0.2, 0) is 11.0 Å². The molecule has 3 aromatic rings. The lowest BCUT2D eigenvalue weighted by molar-refractivity contribution is -0.137. The van der Waals surface area contributed by atoms with Crippen LogP contribution >= 0.6 is 0 Å². The van der Waals surface area contributed by atoms with Crippen molar-refractivity contribution in [3.63, 3.8) is 0 Å². The highest BCUT2D eigenvalue weighted by Gasteiger charge is 2.33. The molecule has 168 valence electrons. The van der Waals surface area contributed by atoms with Gasteiger partial charge in [0.05, 0.1) is 25.5 Å². The van der Waals surface area contributed by atoms with Gasteiger partial charge in [-0.1, -0.05) is 24.3 Å². The molecule has 0 unspecified atom stereocenters. The highest BCUT2D eigenvalue weighted by Crippen LogP contribution is 2.35. The van der Waals surface area contributed by atoms with Crippen LogP contribution in [0.1, 0.15) is 12.5 Å². The van der Waals surface area contributed by atoms with Gasteiger partial charge in [0.1, 0.15) is 17.5 Å². The van der Waals surface area contributed by atoms with E-state index in [2.05, 4.69) is 10.6 Å². The van der Waals surface area contributed by atoms with Crippen LogP contribution in [0.2, 0.25) is 0 Å². The zero-order valence-electron chi connectivity index (χ0n) is 17.8. The number of hydrogen-bond acceptors (Lipinski definition) is 4. The lowest BCUT2D eigenvalue weighted by Gasteiger charge is -2.19. The topological polar surface area (TPSA) is 59.6 Å². The molecule has 1 amide bonds. The minimum atomic E-state index is -4.57. The standard InChI is InChI=1S/C24H23F3N2O3/c1-15(23(30)29-21-7-5-4-6-20(21)24(25,26)27)28-17-10-13-22(32-3)19(14-17)16-8-11-18(31-2)12-9-16/h4-15,28H,1-3H3,(H,29,30)/t15-/m1/s1. The van der Waals surface area contributed by atoms with E-state index in [4.69, 9.17) is 9.47 Å². The second-order valence-corrected chi connectivity index (χ2v) is 7.04. The van der Waals surface area contributed by atoms with Crippen molar-refractivity contribution in [2.24, 2.45) is 0 Å². The number of hydrogen-bond donors (Lipinski definition) is 2. The number of benzene rings is 3. The minimum Gasteiger partial charge on any atom is -0.497 e. The van der Waals surface area contributed by atoms with Crippen LogP contribution in [0.25, 0.3) is 11.1 Å². The van der Waals surface area contributed by atoms with Gasteiger partial charge in [0, 0.05) is 11.3 Å². The third-order valence-electron chi connectivity index (χ3n) is 4.87. The molecule has 0 saturated carbocycles. The van der Waals surface area contributed by atoms with Crippen molar-refractivity contribution in [3.05, 3.63) is 72.3 Å². The Bertz CT molecular complexity index is 1080. The molecule has 0 radical (unpaired) electrons. The number of rotatable bonds is 7. The Morgan fingerprint density at radius 3 is 2.25 bits per heavy atom. The number of para-hydroxylation sites is 1. The fourth-order valence-corrected chi connectivity index (χ4v) is 3.19. The van der Waals surface area contributed by atoms with Gasteiger partial charge in [-0.05, 0) is 55.0 Å². The van der Waals surface area contributed by atoms with Crippen molar-refractivity contribution in [2.45, 2.75) is 19.1 Å². The largest absolute Gasteiger partial charge is 0.497 e. The molecule has 5 nitrogen and oxygen atoms in total. The summed E-state index contributed by atoms with van der Waals surface area (Å²) in [4.78, 5) is 12.6. The van der Waals surface area contributed by atoms with E-state index < -0.39 is 23.7 Å². The molecule has 32 heavy (non-hydrogen) atoms. The Labute approximate surface area is 184 Å². The third-order valence-corrected chi connectivity index (χ3v) is 4.87. The molecule has 0 bridgehead atoms. The molecule has 2 N–H and O–H groups in total. The van der Waals surface area contributed by atoms with Crippen LogP contribution in [0.4, 0.5) is 24.5 Å². The first-order chi connectivity index (χ1) is 15.2. The Morgan fingerprint density at radius 1 is 0.938 bits per heavy atom. The SMILES string of the molecule is COc1ccc(-c2cc(N[C@H](C)C(=O)Nc3ccccc3C(F)(F)F)ccc2OC)cc1. The molecule has 0 saturated heterocycles. The Morgan fingerprint density at radius 2 is 1.62 bits per heavy atom. The second kappa shape index (κ2) is 9.64. The van der Waals surface area contributed by atoms with Crippen molar-refractivity contribution < 1.29 is 27.4 Å². The summed E-state index contributed by atoms with van der Waals surface area (Å²) in [6, 6.07) is 16.8. The Kier molecular flexibility index (Phi) is 6.92. The van der Waals surface area contributed by atoms with Crippen molar-refractivity contribution in [3.8, 4) is 22.6 Å². The molecule has 0 aromatic heterocycles. The van der Waals surface area contributed by atoms with Gasteiger partial charge in [-0.15, -0.1) is 0 Å². The summed E-state index contributed by atoms with van der Waals surface area (Å²) in [7, 11) is 3.14. The molecule has 0 spiro atoms. The molecule has 0 aliphatic rings. The number of anilines is 2. The molecule has 3 aromatic carbocycles. The number of carbonyl (C=O) groups is 1. The van der Waals surface area contributed by atoms with E-state index in [9.17, 15) is 18.0 Å². The van der Waals surface area contributed by atoms with Gasteiger partial charge in [0.25, 0.3) is 0 Å². The number of amides is 1. The average Bonchev–Trinajstić information content (AvgIpc) is 2.78. The first-order valence-electron chi connectivity index (χ1n) is 9.79. The van der Waals surface area contributed by atoms with Gasteiger partial charge >= 0.3 is 6.18 Å². The molecule has 0 fully saturated rings. The first kappa shape index (κ1) is 23.0. The molecular formula is C24H23F3N2O3. The second-order valence-electron chi connectivity index (χ2n) is 7.04. The number of ether oxygens (including phenoxy) is 2. The number of methoxy groups -OCH3 is 2.